The van der Waals surface area contributed by atoms with Crippen LogP contribution >= 0.6 is 0 Å². The summed E-state index contributed by atoms with van der Waals surface area (Å²) in [5, 5.41) is 0. The van der Waals surface area contributed by atoms with Crippen molar-refractivity contribution in [3.8, 4) is 0 Å². The van der Waals surface area contributed by atoms with Crippen LogP contribution in [0.15, 0.2) is 4.99 Å². The van der Waals surface area contributed by atoms with Crippen molar-refractivity contribution in [1.29, 1.82) is 0 Å². The first kappa shape index (κ1) is 7.63. The van der Waals surface area contributed by atoms with Crippen molar-refractivity contribution in [3.63, 3.8) is 0 Å². The van der Waals surface area contributed by atoms with Gasteiger partial charge in [0.1, 0.15) is 0 Å². The fraction of sp³-hybridized carbons (Fsp3) is 0.833. The van der Waals surface area contributed by atoms with Gasteiger partial charge in [0.15, 0.2) is 0 Å². The van der Waals surface area contributed by atoms with E-state index in [4.69, 9.17) is 4.74 Å². The Morgan fingerprint density at radius 1 is 1.75 bits per heavy atom. The average Bonchev–Trinajstić information content (AvgIpc) is 1.83. The molecular weight excluding hydrogens is 102 g/mol. The monoisotopic (exact) mass is 115 g/mol. The van der Waals surface area contributed by atoms with Crippen molar-refractivity contribution in [1.82, 2.24) is 0 Å². The number of ether oxygens (including phenoxy) is 1. The minimum Gasteiger partial charge on any atom is -0.380 e. The Labute approximate surface area is 50.6 Å². The fourth-order valence-electron chi connectivity index (χ4n) is 0.328. The van der Waals surface area contributed by atoms with Crippen LogP contribution in [0.25, 0.3) is 0 Å². The van der Waals surface area contributed by atoms with Gasteiger partial charge in [0.25, 0.3) is 0 Å². The molecule has 0 aromatic carbocycles. The zero-order valence-corrected chi connectivity index (χ0v) is 5.72. The van der Waals surface area contributed by atoms with E-state index in [1.54, 1.807) is 13.3 Å². The van der Waals surface area contributed by atoms with Gasteiger partial charge >= 0.3 is 0 Å². The normalized spacial score (nSPS) is 14.9. The van der Waals surface area contributed by atoms with Crippen molar-refractivity contribution >= 4 is 6.21 Å². The van der Waals surface area contributed by atoms with Gasteiger partial charge < -0.3 is 4.74 Å². The molecule has 0 aliphatic heterocycles. The molecule has 8 heavy (non-hydrogen) atoms. The van der Waals surface area contributed by atoms with Crippen LogP contribution in [0.2, 0.25) is 0 Å². The summed E-state index contributed by atoms with van der Waals surface area (Å²) < 4.78 is 4.94. The predicted octanol–water partition coefficient (Wildman–Crippen LogP) is 1.11. The molecule has 2 heteroatoms. The minimum absolute atomic E-state index is 0.256. The Morgan fingerprint density at radius 2 is 2.38 bits per heavy atom. The van der Waals surface area contributed by atoms with E-state index in [2.05, 4.69) is 4.99 Å². The lowest BCUT2D eigenvalue weighted by Gasteiger charge is -2.02. The van der Waals surface area contributed by atoms with Gasteiger partial charge in [0, 0.05) is 7.11 Å². The van der Waals surface area contributed by atoms with E-state index in [0.717, 1.165) is 6.54 Å². The summed E-state index contributed by atoms with van der Waals surface area (Å²) in [6, 6.07) is 0. The van der Waals surface area contributed by atoms with Crippen molar-refractivity contribution in [2.45, 2.75) is 20.0 Å². The third-order valence-electron chi connectivity index (χ3n) is 0.947. The number of hydrogen-bond acceptors (Lipinski definition) is 2. The van der Waals surface area contributed by atoms with Gasteiger partial charge in [-0.3, -0.25) is 4.99 Å². The zero-order chi connectivity index (χ0) is 6.41. The highest BCUT2D eigenvalue weighted by atomic mass is 16.5. The van der Waals surface area contributed by atoms with E-state index >= 15 is 0 Å². The SMILES string of the molecule is CC=NCC(C)OC. The first-order valence-electron chi connectivity index (χ1n) is 2.78. The second-order valence-corrected chi connectivity index (χ2v) is 1.67. The quantitative estimate of drug-likeness (QED) is 0.505. The van der Waals surface area contributed by atoms with Crippen LogP contribution in [0.3, 0.4) is 0 Å². The number of rotatable bonds is 3. The van der Waals surface area contributed by atoms with Crippen molar-refractivity contribution < 1.29 is 4.74 Å². The first-order chi connectivity index (χ1) is 3.81. The lowest BCUT2D eigenvalue weighted by Crippen LogP contribution is -2.08. The van der Waals surface area contributed by atoms with E-state index in [9.17, 15) is 0 Å². The maximum absolute atomic E-state index is 4.94. The number of hydrogen-bond donors (Lipinski definition) is 0. The molecule has 0 saturated heterocycles. The average molecular weight is 115 g/mol. The molecule has 1 unspecified atom stereocenters. The van der Waals surface area contributed by atoms with Gasteiger partial charge in [-0.1, -0.05) is 0 Å². The van der Waals surface area contributed by atoms with E-state index in [-0.39, 0.29) is 6.10 Å². The molecule has 2 nitrogen and oxygen atoms in total. The molecule has 0 aliphatic carbocycles. The van der Waals surface area contributed by atoms with Crippen LogP contribution in [0.1, 0.15) is 13.8 Å². The maximum Gasteiger partial charge on any atom is 0.0738 e. The zero-order valence-electron chi connectivity index (χ0n) is 5.72. The highest BCUT2D eigenvalue weighted by Gasteiger charge is 1.92. The molecule has 0 bridgehead atoms. The molecule has 0 amide bonds. The Morgan fingerprint density at radius 3 is 2.75 bits per heavy atom. The second kappa shape index (κ2) is 4.78. The van der Waals surface area contributed by atoms with E-state index in [0.29, 0.717) is 0 Å². The molecule has 0 fully saturated rings. The van der Waals surface area contributed by atoms with Gasteiger partial charge in [0.2, 0.25) is 0 Å². The Bertz CT molecular complexity index is 70.9. The molecule has 0 aliphatic rings. The number of methoxy groups -OCH3 is 1. The molecule has 0 heterocycles. The van der Waals surface area contributed by atoms with Crippen LogP contribution in [-0.4, -0.2) is 26.0 Å². The summed E-state index contributed by atoms with van der Waals surface area (Å²) in [4.78, 5) is 3.99. The molecule has 48 valence electrons. The molecule has 0 radical (unpaired) electrons. The highest BCUT2D eigenvalue weighted by molar-refractivity contribution is 5.53. The smallest absolute Gasteiger partial charge is 0.0738 e. The lowest BCUT2D eigenvalue weighted by atomic mass is 10.4. The van der Waals surface area contributed by atoms with Crippen LogP contribution in [-0.2, 0) is 4.74 Å². The molecule has 0 aromatic heterocycles. The van der Waals surface area contributed by atoms with Gasteiger partial charge in [-0.25, -0.2) is 0 Å². The second-order valence-electron chi connectivity index (χ2n) is 1.67. The third kappa shape index (κ3) is 3.81. The van der Waals surface area contributed by atoms with E-state index in [1.165, 1.54) is 0 Å². The topological polar surface area (TPSA) is 21.6 Å². The number of aliphatic imine (C=N–C) groups is 1. The summed E-state index contributed by atoms with van der Waals surface area (Å²) in [5.74, 6) is 0. The van der Waals surface area contributed by atoms with Gasteiger partial charge in [-0.15, -0.1) is 0 Å². The summed E-state index contributed by atoms with van der Waals surface area (Å²) in [5.41, 5.74) is 0. The highest BCUT2D eigenvalue weighted by Crippen LogP contribution is 1.85. The Hall–Kier alpha value is -0.370. The third-order valence-corrected chi connectivity index (χ3v) is 0.947. The van der Waals surface area contributed by atoms with Crippen molar-refractivity contribution in [3.05, 3.63) is 0 Å². The van der Waals surface area contributed by atoms with Crippen LogP contribution in [0.4, 0.5) is 0 Å². The Kier molecular flexibility index (Phi) is 4.56. The summed E-state index contributed by atoms with van der Waals surface area (Å²) >= 11 is 0. The van der Waals surface area contributed by atoms with Crippen LogP contribution in [0.5, 0.6) is 0 Å². The standard InChI is InChI=1S/C6H13NO/c1-4-7-5-6(2)8-3/h4,6H,5H2,1-3H3. The summed E-state index contributed by atoms with van der Waals surface area (Å²) in [6.07, 6.45) is 2.04. The summed E-state index contributed by atoms with van der Waals surface area (Å²) in [6.45, 7) is 4.67. The molecule has 0 rings (SSSR count). The number of nitrogens with zero attached hydrogens (tertiary/aromatic N) is 1. The van der Waals surface area contributed by atoms with E-state index in [1.807, 2.05) is 13.8 Å². The Balaban J connectivity index is 3.10. The largest absolute Gasteiger partial charge is 0.380 e. The minimum atomic E-state index is 0.256. The van der Waals surface area contributed by atoms with E-state index < -0.39 is 0 Å². The lowest BCUT2D eigenvalue weighted by molar-refractivity contribution is 0.126. The predicted molar refractivity (Wildman–Crippen MR) is 35.5 cm³/mol. The molecule has 0 aromatic rings. The first-order valence-corrected chi connectivity index (χ1v) is 2.78. The van der Waals surface area contributed by atoms with Gasteiger partial charge in [-0.05, 0) is 20.1 Å². The fourth-order valence-corrected chi connectivity index (χ4v) is 0.328. The molecule has 0 saturated carbocycles. The van der Waals surface area contributed by atoms with Crippen molar-refractivity contribution in [2.75, 3.05) is 13.7 Å². The molecular formula is C6H13NO. The van der Waals surface area contributed by atoms with Gasteiger partial charge in [-0.2, -0.15) is 0 Å². The van der Waals surface area contributed by atoms with Crippen LogP contribution in [0, 0.1) is 0 Å². The molecule has 0 spiro atoms. The molecule has 0 N–H and O–H groups in total. The van der Waals surface area contributed by atoms with Crippen LogP contribution < -0.4 is 0 Å². The summed E-state index contributed by atoms with van der Waals surface area (Å²) in [7, 11) is 1.69. The molecule has 1 atom stereocenters. The van der Waals surface area contributed by atoms with Crippen molar-refractivity contribution in [2.24, 2.45) is 4.99 Å². The maximum atomic E-state index is 4.94. The van der Waals surface area contributed by atoms with Gasteiger partial charge in [0.05, 0.1) is 12.6 Å².